The third kappa shape index (κ3) is 3.83. The Labute approximate surface area is 114 Å². The summed E-state index contributed by atoms with van der Waals surface area (Å²) in [5.74, 6) is -0.677. The predicted molar refractivity (Wildman–Crippen MR) is 70.9 cm³/mol. The highest BCUT2D eigenvalue weighted by atomic mass is 16.4. The molecule has 6 heteroatoms. The Morgan fingerprint density at radius 3 is 2.53 bits per heavy atom. The molecule has 1 fully saturated rings. The molecule has 19 heavy (non-hydrogen) atoms. The fourth-order valence-corrected chi connectivity index (χ4v) is 2.29. The number of aliphatic carboxylic acids is 1. The van der Waals surface area contributed by atoms with Crippen LogP contribution in [0.1, 0.15) is 33.6 Å². The van der Waals surface area contributed by atoms with E-state index >= 15 is 0 Å². The summed E-state index contributed by atoms with van der Waals surface area (Å²) in [4.78, 5) is 26.4. The standard InChI is InChI=1S/C13H24N2O4/c1-4-9(3)7-14(5-2)13(19)15-8-10(16)6-11(15)12(17)18/h9-11,16H,4-8H2,1-3H3,(H,17,18)/t9?,10?,11-/m0/s1. The number of rotatable bonds is 5. The molecule has 0 aromatic rings. The molecule has 0 aromatic carbocycles. The lowest BCUT2D eigenvalue weighted by Crippen LogP contribution is -2.49. The van der Waals surface area contributed by atoms with Gasteiger partial charge in [0.1, 0.15) is 6.04 Å². The van der Waals surface area contributed by atoms with Gasteiger partial charge in [0.05, 0.1) is 6.10 Å². The number of β-amino-alcohol motifs (C(OH)–C–C–N with tert-alkyl or cyclic N) is 1. The van der Waals surface area contributed by atoms with Crippen LogP contribution in [-0.4, -0.2) is 63.8 Å². The number of nitrogens with zero attached hydrogens (tertiary/aromatic N) is 2. The molecule has 1 rings (SSSR count). The maximum absolute atomic E-state index is 12.4. The first-order valence-electron chi connectivity index (χ1n) is 6.87. The number of aliphatic hydroxyl groups excluding tert-OH is 1. The molecule has 0 bridgehead atoms. The number of amides is 2. The molecule has 1 aliphatic rings. The van der Waals surface area contributed by atoms with Crippen LogP contribution in [0.3, 0.4) is 0 Å². The van der Waals surface area contributed by atoms with Gasteiger partial charge >= 0.3 is 12.0 Å². The second-order valence-corrected chi connectivity index (χ2v) is 5.23. The number of aliphatic hydroxyl groups is 1. The third-order valence-electron chi connectivity index (χ3n) is 3.69. The first-order valence-corrected chi connectivity index (χ1v) is 6.87. The molecular weight excluding hydrogens is 248 g/mol. The Hall–Kier alpha value is -1.30. The van der Waals surface area contributed by atoms with Crippen molar-refractivity contribution in [2.75, 3.05) is 19.6 Å². The van der Waals surface area contributed by atoms with Crippen LogP contribution >= 0.6 is 0 Å². The number of likely N-dealkylation sites (tertiary alicyclic amines) is 1. The van der Waals surface area contributed by atoms with E-state index in [1.54, 1.807) is 4.90 Å². The molecule has 0 aliphatic carbocycles. The van der Waals surface area contributed by atoms with Crippen LogP contribution in [0.15, 0.2) is 0 Å². The van der Waals surface area contributed by atoms with Gasteiger partial charge in [-0.3, -0.25) is 0 Å². The van der Waals surface area contributed by atoms with Crippen molar-refractivity contribution >= 4 is 12.0 Å². The van der Waals surface area contributed by atoms with Gasteiger partial charge in [-0.05, 0) is 12.8 Å². The van der Waals surface area contributed by atoms with Crippen molar-refractivity contribution in [2.45, 2.75) is 45.8 Å². The van der Waals surface area contributed by atoms with E-state index in [0.29, 0.717) is 19.0 Å². The van der Waals surface area contributed by atoms with Gasteiger partial charge in [-0.1, -0.05) is 20.3 Å². The zero-order valence-corrected chi connectivity index (χ0v) is 11.9. The Morgan fingerprint density at radius 2 is 2.05 bits per heavy atom. The van der Waals surface area contributed by atoms with Gasteiger partial charge in [0, 0.05) is 26.1 Å². The molecule has 6 nitrogen and oxygen atoms in total. The molecule has 2 amide bonds. The van der Waals surface area contributed by atoms with Crippen LogP contribution in [0.4, 0.5) is 4.79 Å². The summed E-state index contributed by atoms with van der Waals surface area (Å²) < 4.78 is 0. The zero-order chi connectivity index (χ0) is 14.6. The normalized spacial score (nSPS) is 24.3. The summed E-state index contributed by atoms with van der Waals surface area (Å²) in [5.41, 5.74) is 0. The topological polar surface area (TPSA) is 81.1 Å². The molecule has 2 unspecified atom stereocenters. The lowest BCUT2D eigenvalue weighted by molar-refractivity contribution is -0.141. The van der Waals surface area contributed by atoms with E-state index in [0.717, 1.165) is 6.42 Å². The van der Waals surface area contributed by atoms with Crippen molar-refractivity contribution in [1.29, 1.82) is 0 Å². The van der Waals surface area contributed by atoms with Crippen molar-refractivity contribution in [3.8, 4) is 0 Å². The van der Waals surface area contributed by atoms with E-state index in [4.69, 9.17) is 5.11 Å². The average Bonchev–Trinajstić information content (AvgIpc) is 2.77. The van der Waals surface area contributed by atoms with E-state index < -0.39 is 18.1 Å². The van der Waals surface area contributed by atoms with Crippen LogP contribution in [0.25, 0.3) is 0 Å². The molecule has 0 aromatic heterocycles. The molecule has 1 heterocycles. The number of urea groups is 1. The fourth-order valence-electron chi connectivity index (χ4n) is 2.29. The second-order valence-electron chi connectivity index (χ2n) is 5.23. The second kappa shape index (κ2) is 6.75. The highest BCUT2D eigenvalue weighted by Gasteiger charge is 2.40. The van der Waals surface area contributed by atoms with Gasteiger partial charge in [-0.25, -0.2) is 9.59 Å². The van der Waals surface area contributed by atoms with Crippen LogP contribution < -0.4 is 0 Å². The van der Waals surface area contributed by atoms with E-state index in [1.165, 1.54) is 4.90 Å². The molecule has 1 saturated heterocycles. The van der Waals surface area contributed by atoms with Gasteiger partial charge in [0.25, 0.3) is 0 Å². The van der Waals surface area contributed by atoms with Gasteiger partial charge < -0.3 is 20.0 Å². The number of carboxylic acid groups (broad SMARTS) is 1. The number of carbonyl (C=O) groups is 2. The summed E-state index contributed by atoms with van der Waals surface area (Å²) in [6, 6.07) is -1.19. The van der Waals surface area contributed by atoms with Crippen molar-refractivity contribution in [1.82, 2.24) is 9.80 Å². The first kappa shape index (κ1) is 15.8. The summed E-state index contributed by atoms with van der Waals surface area (Å²) in [7, 11) is 0. The van der Waals surface area contributed by atoms with Crippen LogP contribution in [-0.2, 0) is 4.79 Å². The van der Waals surface area contributed by atoms with Crippen LogP contribution in [0.2, 0.25) is 0 Å². The molecule has 3 atom stereocenters. The van der Waals surface area contributed by atoms with E-state index in [2.05, 4.69) is 13.8 Å². The van der Waals surface area contributed by atoms with Gasteiger partial charge in [0.15, 0.2) is 0 Å². The third-order valence-corrected chi connectivity index (χ3v) is 3.69. The smallest absolute Gasteiger partial charge is 0.326 e. The molecule has 1 aliphatic heterocycles. The predicted octanol–water partition coefficient (Wildman–Crippen LogP) is 0.994. The molecule has 0 saturated carbocycles. The largest absolute Gasteiger partial charge is 0.480 e. The quantitative estimate of drug-likeness (QED) is 0.782. The van der Waals surface area contributed by atoms with Gasteiger partial charge in [-0.2, -0.15) is 0 Å². The lowest BCUT2D eigenvalue weighted by Gasteiger charge is -2.31. The van der Waals surface area contributed by atoms with Crippen LogP contribution in [0, 0.1) is 5.92 Å². The average molecular weight is 272 g/mol. The molecule has 0 spiro atoms. The summed E-state index contributed by atoms with van der Waals surface area (Å²) in [5, 5.41) is 18.7. The number of hydrogen-bond acceptors (Lipinski definition) is 3. The number of carboxylic acids is 1. The SMILES string of the molecule is CCC(C)CN(CC)C(=O)N1CC(O)C[C@H]1C(=O)O. The van der Waals surface area contributed by atoms with E-state index in [-0.39, 0.29) is 19.0 Å². The molecule has 110 valence electrons. The highest BCUT2D eigenvalue weighted by molar-refractivity contribution is 5.83. The molecule has 0 radical (unpaired) electrons. The van der Waals surface area contributed by atoms with Crippen molar-refractivity contribution in [3.05, 3.63) is 0 Å². The van der Waals surface area contributed by atoms with Crippen molar-refractivity contribution in [2.24, 2.45) is 5.92 Å². The fraction of sp³-hybridized carbons (Fsp3) is 0.846. The summed E-state index contributed by atoms with van der Waals surface area (Å²) >= 11 is 0. The van der Waals surface area contributed by atoms with E-state index in [1.807, 2.05) is 6.92 Å². The minimum Gasteiger partial charge on any atom is -0.480 e. The zero-order valence-electron chi connectivity index (χ0n) is 11.9. The van der Waals surface area contributed by atoms with Gasteiger partial charge in [0.2, 0.25) is 0 Å². The minimum atomic E-state index is -1.05. The van der Waals surface area contributed by atoms with Crippen LogP contribution in [0.5, 0.6) is 0 Å². The number of carbonyl (C=O) groups excluding carboxylic acids is 1. The summed E-state index contributed by atoms with van der Waals surface area (Å²) in [6.45, 7) is 7.26. The highest BCUT2D eigenvalue weighted by Crippen LogP contribution is 2.20. The Kier molecular flexibility index (Phi) is 5.60. The maximum Gasteiger partial charge on any atom is 0.326 e. The van der Waals surface area contributed by atoms with Crippen molar-refractivity contribution in [3.63, 3.8) is 0 Å². The number of hydrogen-bond donors (Lipinski definition) is 2. The molecular formula is C13H24N2O4. The monoisotopic (exact) mass is 272 g/mol. The minimum absolute atomic E-state index is 0.104. The molecule has 2 N–H and O–H groups in total. The first-order chi connectivity index (χ1) is 8.90. The van der Waals surface area contributed by atoms with Gasteiger partial charge in [-0.15, -0.1) is 0 Å². The van der Waals surface area contributed by atoms with E-state index in [9.17, 15) is 14.7 Å². The Balaban J connectivity index is 2.75. The summed E-state index contributed by atoms with van der Waals surface area (Å²) in [6.07, 6.45) is 0.337. The Bertz CT molecular complexity index is 335. The van der Waals surface area contributed by atoms with Crippen molar-refractivity contribution < 1.29 is 19.8 Å². The maximum atomic E-state index is 12.4. The lowest BCUT2D eigenvalue weighted by atomic mass is 10.1. The Morgan fingerprint density at radius 1 is 1.42 bits per heavy atom.